The fourth-order valence-electron chi connectivity index (χ4n) is 7.14. The zero-order valence-electron chi connectivity index (χ0n) is 41.8. The van der Waals surface area contributed by atoms with Crippen LogP contribution in [0, 0.1) is 0 Å². The molecule has 0 fully saturated rings. The molecular formula is C59H97NO5. The fraction of sp³-hybridized carbons (Fsp3) is 0.627. The molecule has 6 heteroatoms. The number of unbranched alkanes of at least 4 members (excludes halogenated alkanes) is 18. The van der Waals surface area contributed by atoms with Gasteiger partial charge >= 0.3 is 5.97 Å². The fourth-order valence-corrected chi connectivity index (χ4v) is 7.14. The third kappa shape index (κ3) is 46.6. The summed E-state index contributed by atoms with van der Waals surface area (Å²) in [5.74, 6) is -0.668. The van der Waals surface area contributed by atoms with Gasteiger partial charge in [0, 0.05) is 6.42 Å². The van der Waals surface area contributed by atoms with E-state index in [0.717, 1.165) is 96.3 Å². The van der Waals surface area contributed by atoms with Gasteiger partial charge in [-0.3, -0.25) is 9.59 Å². The monoisotopic (exact) mass is 900 g/mol. The number of allylic oxidation sites excluding steroid dienone is 19. The Balaban J connectivity index is 4.84. The number of hydrogen-bond acceptors (Lipinski definition) is 5. The molecule has 0 aromatic heterocycles. The first kappa shape index (κ1) is 61.3. The van der Waals surface area contributed by atoms with E-state index in [2.05, 4.69) is 135 Å². The number of esters is 1. The largest absolute Gasteiger partial charge is 0.458 e. The molecule has 1 amide bonds. The standard InChI is InChI=1S/C59H97NO5/c1-4-7-10-13-16-19-22-24-26-28-30-32-34-37-40-43-46-49-52-59(64)65-55(50-47-44-41-38-36-33-31-29-27-25-23-20-17-14-11-8-5-2)53-58(63)60-56(54-61)57(62)51-48-45-42-39-35-21-18-15-12-9-6-3/h8,11,16-17,19-20,22,24-28,30-33,38,41,47,50,55-57,61-62H,4-7,9-10,12-15,18,21,23,29,34-37,39-40,42-46,48-49,51-54H2,1-3H3,(H,60,63)/b11-8-,19-16+,20-17-,24-22+,27-25-,28-26+,32-30+,33-31-,41-38-,50-47-. The van der Waals surface area contributed by atoms with Crippen molar-refractivity contribution in [1.82, 2.24) is 5.32 Å². The van der Waals surface area contributed by atoms with Gasteiger partial charge in [-0.1, -0.05) is 239 Å². The Bertz CT molecular complexity index is 1380. The summed E-state index contributed by atoms with van der Waals surface area (Å²) in [4.78, 5) is 26.1. The quantitative estimate of drug-likeness (QED) is 0.0245. The van der Waals surface area contributed by atoms with Crippen molar-refractivity contribution in [2.24, 2.45) is 0 Å². The van der Waals surface area contributed by atoms with Crippen LogP contribution in [0.3, 0.4) is 0 Å². The van der Waals surface area contributed by atoms with Gasteiger partial charge in [-0.15, -0.1) is 0 Å². The minimum absolute atomic E-state index is 0.0647. The van der Waals surface area contributed by atoms with E-state index in [1.807, 2.05) is 6.08 Å². The van der Waals surface area contributed by atoms with E-state index in [0.29, 0.717) is 19.3 Å². The number of rotatable bonds is 45. The van der Waals surface area contributed by atoms with Crippen LogP contribution in [0.25, 0.3) is 0 Å². The summed E-state index contributed by atoms with van der Waals surface area (Å²) in [6, 6.07) is -0.756. The third-order valence-electron chi connectivity index (χ3n) is 11.1. The highest BCUT2D eigenvalue weighted by atomic mass is 16.5. The Morgan fingerprint density at radius 3 is 1.42 bits per heavy atom. The van der Waals surface area contributed by atoms with E-state index >= 15 is 0 Å². The molecule has 0 bridgehead atoms. The van der Waals surface area contributed by atoms with Gasteiger partial charge in [-0.25, -0.2) is 0 Å². The number of nitrogens with one attached hydrogen (secondary N) is 1. The van der Waals surface area contributed by atoms with Crippen LogP contribution in [0.1, 0.15) is 213 Å². The number of ether oxygens (including phenoxy) is 1. The zero-order chi connectivity index (χ0) is 47.4. The second-order valence-corrected chi connectivity index (χ2v) is 17.3. The number of amides is 1. The van der Waals surface area contributed by atoms with Gasteiger partial charge < -0.3 is 20.3 Å². The highest BCUT2D eigenvalue weighted by Gasteiger charge is 2.23. The smallest absolute Gasteiger partial charge is 0.306 e. The lowest BCUT2D eigenvalue weighted by Crippen LogP contribution is -2.46. The van der Waals surface area contributed by atoms with Gasteiger partial charge in [-0.2, -0.15) is 0 Å². The first-order chi connectivity index (χ1) is 32.0. The maximum absolute atomic E-state index is 13.2. The van der Waals surface area contributed by atoms with Crippen molar-refractivity contribution in [2.45, 2.75) is 232 Å². The summed E-state index contributed by atoms with van der Waals surface area (Å²) in [6.45, 7) is 6.27. The number of aliphatic hydroxyl groups is 2. The molecule has 65 heavy (non-hydrogen) atoms. The van der Waals surface area contributed by atoms with Crippen molar-refractivity contribution in [3.05, 3.63) is 122 Å². The molecule has 0 aliphatic rings. The normalized spacial score (nSPS) is 14.2. The molecule has 0 saturated heterocycles. The Morgan fingerprint density at radius 1 is 0.492 bits per heavy atom. The van der Waals surface area contributed by atoms with E-state index < -0.39 is 18.2 Å². The van der Waals surface area contributed by atoms with Crippen molar-refractivity contribution in [3.63, 3.8) is 0 Å². The number of hydrogen-bond donors (Lipinski definition) is 3. The van der Waals surface area contributed by atoms with Crippen LogP contribution in [0.4, 0.5) is 0 Å². The average molecular weight is 900 g/mol. The minimum atomic E-state index is -0.831. The van der Waals surface area contributed by atoms with Crippen LogP contribution < -0.4 is 5.32 Å². The maximum Gasteiger partial charge on any atom is 0.306 e. The molecule has 0 spiro atoms. The van der Waals surface area contributed by atoms with Crippen molar-refractivity contribution in [1.29, 1.82) is 0 Å². The second-order valence-electron chi connectivity index (χ2n) is 17.3. The lowest BCUT2D eigenvalue weighted by atomic mass is 10.0. The van der Waals surface area contributed by atoms with Crippen LogP contribution in [0.5, 0.6) is 0 Å². The Labute approximate surface area is 400 Å². The minimum Gasteiger partial charge on any atom is -0.458 e. The SMILES string of the molecule is CC/C=C\C/C=C\C/C=C\C/C=C\C/C=C\C/C=C\C(CC(=O)NC(CO)C(O)CCCCCCCCCCCCC)OC(=O)CCCCCCC/C=C/C=C/C=C/C=C/CCCCC. The molecular weight excluding hydrogens is 803 g/mol. The Hall–Kier alpha value is -3.74. The van der Waals surface area contributed by atoms with Crippen molar-refractivity contribution in [2.75, 3.05) is 6.61 Å². The van der Waals surface area contributed by atoms with Gasteiger partial charge in [0.15, 0.2) is 0 Å². The summed E-state index contributed by atoms with van der Waals surface area (Å²) in [7, 11) is 0. The first-order valence-electron chi connectivity index (χ1n) is 26.3. The highest BCUT2D eigenvalue weighted by Crippen LogP contribution is 2.15. The highest BCUT2D eigenvalue weighted by molar-refractivity contribution is 5.78. The molecule has 3 N–H and O–H groups in total. The summed E-state index contributed by atoms with van der Waals surface area (Å²) < 4.78 is 5.82. The molecule has 0 aliphatic heterocycles. The van der Waals surface area contributed by atoms with Crippen LogP contribution in [0.15, 0.2) is 122 Å². The van der Waals surface area contributed by atoms with Crippen molar-refractivity contribution in [3.8, 4) is 0 Å². The van der Waals surface area contributed by atoms with Gasteiger partial charge in [0.1, 0.15) is 6.10 Å². The molecule has 368 valence electrons. The molecule has 0 radical (unpaired) electrons. The topological polar surface area (TPSA) is 95.9 Å². The van der Waals surface area contributed by atoms with Gasteiger partial charge in [0.25, 0.3) is 0 Å². The molecule has 0 aliphatic carbocycles. The summed E-state index contributed by atoms with van der Waals surface area (Å²) in [6.07, 6.45) is 71.4. The molecule has 0 saturated carbocycles. The molecule has 0 heterocycles. The predicted molar refractivity (Wildman–Crippen MR) is 282 cm³/mol. The lowest BCUT2D eigenvalue weighted by Gasteiger charge is -2.23. The number of aliphatic hydroxyl groups excluding tert-OH is 2. The van der Waals surface area contributed by atoms with E-state index in [1.54, 1.807) is 6.08 Å². The van der Waals surface area contributed by atoms with Gasteiger partial charge in [0.05, 0.1) is 25.2 Å². The summed E-state index contributed by atoms with van der Waals surface area (Å²) >= 11 is 0. The lowest BCUT2D eigenvalue weighted by molar-refractivity contribution is -0.148. The summed E-state index contributed by atoms with van der Waals surface area (Å²) in [5, 5.41) is 23.7. The van der Waals surface area contributed by atoms with Crippen LogP contribution in [-0.2, 0) is 14.3 Å². The van der Waals surface area contributed by atoms with Crippen molar-refractivity contribution < 1.29 is 24.5 Å². The van der Waals surface area contributed by atoms with E-state index in [1.165, 1.54) is 70.6 Å². The third-order valence-corrected chi connectivity index (χ3v) is 11.1. The second kappa shape index (κ2) is 51.2. The van der Waals surface area contributed by atoms with Crippen LogP contribution in [0.2, 0.25) is 0 Å². The molecule has 3 unspecified atom stereocenters. The average Bonchev–Trinajstić information content (AvgIpc) is 3.30. The van der Waals surface area contributed by atoms with Gasteiger partial charge in [-0.05, 0) is 83.1 Å². The Morgan fingerprint density at radius 2 is 0.908 bits per heavy atom. The van der Waals surface area contributed by atoms with Crippen molar-refractivity contribution >= 4 is 11.9 Å². The van der Waals surface area contributed by atoms with Gasteiger partial charge in [0.2, 0.25) is 5.91 Å². The zero-order valence-corrected chi connectivity index (χ0v) is 41.8. The summed E-state index contributed by atoms with van der Waals surface area (Å²) in [5.41, 5.74) is 0. The predicted octanol–water partition coefficient (Wildman–Crippen LogP) is 16.1. The first-order valence-corrected chi connectivity index (χ1v) is 26.3. The molecule has 0 rings (SSSR count). The number of carbonyl (C=O) groups excluding carboxylic acids is 2. The maximum atomic E-state index is 13.2. The van der Waals surface area contributed by atoms with Crippen LogP contribution >= 0.6 is 0 Å². The van der Waals surface area contributed by atoms with Crippen LogP contribution in [-0.4, -0.2) is 46.9 Å². The molecule has 6 nitrogen and oxygen atoms in total. The van der Waals surface area contributed by atoms with E-state index in [-0.39, 0.29) is 24.9 Å². The van der Waals surface area contributed by atoms with E-state index in [9.17, 15) is 19.8 Å². The molecule has 3 atom stereocenters. The number of carbonyl (C=O) groups is 2. The molecule has 0 aromatic carbocycles. The molecule has 0 aromatic rings. The Kier molecular flexibility index (Phi) is 48.3. The van der Waals surface area contributed by atoms with E-state index in [4.69, 9.17) is 4.74 Å².